The van der Waals surface area contributed by atoms with Crippen LogP contribution in [0.3, 0.4) is 0 Å². The summed E-state index contributed by atoms with van der Waals surface area (Å²) >= 11 is 0. The zero-order valence-electron chi connectivity index (χ0n) is 9.05. The lowest BCUT2D eigenvalue weighted by molar-refractivity contribution is 0.798. The minimum atomic E-state index is 0.657. The highest BCUT2D eigenvalue weighted by Crippen LogP contribution is 2.12. The third-order valence-electron chi connectivity index (χ3n) is 1.99. The molecule has 0 heterocycles. The Hall–Kier alpha value is -0.560. The van der Waals surface area contributed by atoms with Gasteiger partial charge in [-0.1, -0.05) is 50.5 Å². The summed E-state index contributed by atoms with van der Waals surface area (Å²) in [5.41, 5.74) is 6.96. The van der Waals surface area contributed by atoms with E-state index in [1.54, 1.807) is 5.57 Å². The van der Waals surface area contributed by atoms with Crippen molar-refractivity contribution in [2.24, 2.45) is 5.73 Å². The molecule has 2 N–H and O–H groups in total. The molecule has 0 unspecified atom stereocenters. The largest absolute Gasteiger partial charge is 0.327 e. The van der Waals surface area contributed by atoms with Crippen molar-refractivity contribution in [3.05, 3.63) is 23.8 Å². The van der Waals surface area contributed by atoms with Crippen LogP contribution in [0, 0.1) is 0 Å². The number of hydrogen-bond donors (Lipinski definition) is 1. The van der Waals surface area contributed by atoms with Gasteiger partial charge < -0.3 is 5.73 Å². The van der Waals surface area contributed by atoms with Crippen LogP contribution in [0.15, 0.2) is 23.8 Å². The van der Waals surface area contributed by atoms with Gasteiger partial charge in [0.1, 0.15) is 0 Å². The standard InChI is InChI=1S/C12H23N/c1-3-8-12(9-4-2)10-6-5-7-11-13/h5,7,10H,3-4,6,8-9,11,13H2,1-2H3. The first-order chi connectivity index (χ1) is 6.35. The summed E-state index contributed by atoms with van der Waals surface area (Å²) in [6.45, 7) is 5.13. The molecule has 1 nitrogen and oxygen atoms in total. The molecule has 0 aliphatic rings. The quantitative estimate of drug-likeness (QED) is 0.598. The molecule has 0 radical (unpaired) electrons. The lowest BCUT2D eigenvalue weighted by atomic mass is 10.0. The highest BCUT2D eigenvalue weighted by molar-refractivity contribution is 5.05. The third kappa shape index (κ3) is 7.79. The van der Waals surface area contributed by atoms with Crippen molar-refractivity contribution in [3.63, 3.8) is 0 Å². The molecule has 0 saturated heterocycles. The van der Waals surface area contributed by atoms with Crippen LogP contribution in [0.2, 0.25) is 0 Å². The summed E-state index contributed by atoms with van der Waals surface area (Å²) in [6.07, 6.45) is 12.6. The van der Waals surface area contributed by atoms with Crippen molar-refractivity contribution >= 4 is 0 Å². The number of nitrogens with two attached hydrogens (primary N) is 1. The highest BCUT2D eigenvalue weighted by atomic mass is 14.5. The topological polar surface area (TPSA) is 26.0 Å². The highest BCUT2D eigenvalue weighted by Gasteiger charge is 1.92. The summed E-state index contributed by atoms with van der Waals surface area (Å²) in [5, 5.41) is 0. The molecular weight excluding hydrogens is 158 g/mol. The van der Waals surface area contributed by atoms with E-state index < -0.39 is 0 Å². The molecule has 1 heteroatoms. The first kappa shape index (κ1) is 12.4. The minimum absolute atomic E-state index is 0.657. The molecule has 0 atom stereocenters. The molecule has 0 rings (SSSR count). The average Bonchev–Trinajstić information content (AvgIpc) is 2.13. The maximum Gasteiger partial charge on any atom is 0.0106 e. The van der Waals surface area contributed by atoms with Crippen molar-refractivity contribution in [1.29, 1.82) is 0 Å². The zero-order chi connectivity index (χ0) is 9.94. The monoisotopic (exact) mass is 181 g/mol. The van der Waals surface area contributed by atoms with Crippen LogP contribution in [0.4, 0.5) is 0 Å². The Labute approximate surface area is 82.7 Å². The van der Waals surface area contributed by atoms with Gasteiger partial charge in [-0.2, -0.15) is 0 Å². The second kappa shape index (κ2) is 9.53. The zero-order valence-corrected chi connectivity index (χ0v) is 9.05. The SMILES string of the molecule is CCCC(=CCC=CCN)CCC. The van der Waals surface area contributed by atoms with E-state index in [4.69, 9.17) is 5.73 Å². The fraction of sp³-hybridized carbons (Fsp3) is 0.667. The summed E-state index contributed by atoms with van der Waals surface area (Å²) < 4.78 is 0. The van der Waals surface area contributed by atoms with Crippen molar-refractivity contribution in [2.45, 2.75) is 46.0 Å². The van der Waals surface area contributed by atoms with Gasteiger partial charge in [-0.25, -0.2) is 0 Å². The van der Waals surface area contributed by atoms with Crippen LogP contribution in [0.5, 0.6) is 0 Å². The molecule has 76 valence electrons. The number of hydrogen-bond acceptors (Lipinski definition) is 1. The lowest BCUT2D eigenvalue weighted by Crippen LogP contribution is -1.91. The summed E-state index contributed by atoms with van der Waals surface area (Å²) in [4.78, 5) is 0. The van der Waals surface area contributed by atoms with Crippen molar-refractivity contribution in [2.75, 3.05) is 6.54 Å². The molecule has 0 fully saturated rings. The molecule has 0 aliphatic carbocycles. The molecule has 0 aliphatic heterocycles. The van der Waals surface area contributed by atoms with Gasteiger partial charge in [-0.15, -0.1) is 0 Å². The smallest absolute Gasteiger partial charge is 0.0106 e. The average molecular weight is 181 g/mol. The molecule has 0 aromatic heterocycles. The van der Waals surface area contributed by atoms with E-state index in [0.29, 0.717) is 6.54 Å². The van der Waals surface area contributed by atoms with Crippen molar-refractivity contribution in [1.82, 2.24) is 0 Å². The van der Waals surface area contributed by atoms with Gasteiger partial charge in [-0.05, 0) is 19.3 Å². The molecule has 0 aromatic carbocycles. The predicted molar refractivity (Wildman–Crippen MR) is 60.7 cm³/mol. The van der Waals surface area contributed by atoms with E-state index in [0.717, 1.165) is 6.42 Å². The maximum absolute atomic E-state index is 5.36. The van der Waals surface area contributed by atoms with E-state index in [1.165, 1.54) is 25.7 Å². The molecule has 0 bridgehead atoms. The van der Waals surface area contributed by atoms with Crippen LogP contribution in [0.25, 0.3) is 0 Å². The summed E-state index contributed by atoms with van der Waals surface area (Å²) in [6, 6.07) is 0. The first-order valence-electron chi connectivity index (χ1n) is 5.38. The third-order valence-corrected chi connectivity index (χ3v) is 1.99. The fourth-order valence-corrected chi connectivity index (χ4v) is 1.40. The summed E-state index contributed by atoms with van der Waals surface area (Å²) in [5.74, 6) is 0. The first-order valence-corrected chi connectivity index (χ1v) is 5.38. The Morgan fingerprint density at radius 2 is 1.69 bits per heavy atom. The maximum atomic E-state index is 5.36. The summed E-state index contributed by atoms with van der Waals surface area (Å²) in [7, 11) is 0. The van der Waals surface area contributed by atoms with Crippen LogP contribution in [-0.4, -0.2) is 6.54 Å². The van der Waals surface area contributed by atoms with Gasteiger partial charge in [0.2, 0.25) is 0 Å². The van der Waals surface area contributed by atoms with Crippen molar-refractivity contribution in [3.8, 4) is 0 Å². The molecule has 0 spiro atoms. The van der Waals surface area contributed by atoms with Crippen molar-refractivity contribution < 1.29 is 0 Å². The predicted octanol–water partition coefficient (Wildman–Crippen LogP) is 3.42. The Morgan fingerprint density at radius 3 is 2.15 bits per heavy atom. The van der Waals surface area contributed by atoms with Gasteiger partial charge in [0.15, 0.2) is 0 Å². The van der Waals surface area contributed by atoms with E-state index in [-0.39, 0.29) is 0 Å². The fourth-order valence-electron chi connectivity index (χ4n) is 1.40. The second-order valence-electron chi connectivity index (χ2n) is 3.31. The Kier molecular flexibility index (Phi) is 9.12. The number of allylic oxidation sites excluding steroid dienone is 3. The normalized spacial score (nSPS) is 10.7. The van der Waals surface area contributed by atoms with E-state index in [2.05, 4.69) is 26.0 Å². The second-order valence-corrected chi connectivity index (χ2v) is 3.31. The number of rotatable bonds is 7. The van der Waals surface area contributed by atoms with Crippen LogP contribution < -0.4 is 5.73 Å². The van der Waals surface area contributed by atoms with Gasteiger partial charge in [0.05, 0.1) is 0 Å². The van der Waals surface area contributed by atoms with Crippen LogP contribution in [0.1, 0.15) is 46.0 Å². The molecule has 0 amide bonds. The molecule has 0 aromatic rings. The van der Waals surface area contributed by atoms with Gasteiger partial charge in [0, 0.05) is 6.54 Å². The lowest BCUT2D eigenvalue weighted by Gasteiger charge is -2.02. The minimum Gasteiger partial charge on any atom is -0.327 e. The molecule has 0 saturated carbocycles. The van der Waals surface area contributed by atoms with E-state index in [9.17, 15) is 0 Å². The Balaban J connectivity index is 3.80. The molecular formula is C12H23N. The Bertz CT molecular complexity index is 149. The van der Waals surface area contributed by atoms with Gasteiger partial charge in [0.25, 0.3) is 0 Å². The van der Waals surface area contributed by atoms with Gasteiger partial charge in [-0.3, -0.25) is 0 Å². The van der Waals surface area contributed by atoms with E-state index >= 15 is 0 Å². The van der Waals surface area contributed by atoms with Crippen LogP contribution in [-0.2, 0) is 0 Å². The van der Waals surface area contributed by atoms with Gasteiger partial charge >= 0.3 is 0 Å². The van der Waals surface area contributed by atoms with E-state index in [1.807, 2.05) is 6.08 Å². The molecule has 13 heavy (non-hydrogen) atoms. The Morgan fingerprint density at radius 1 is 1.08 bits per heavy atom. The van der Waals surface area contributed by atoms with Crippen LogP contribution >= 0.6 is 0 Å².